The van der Waals surface area contributed by atoms with Gasteiger partial charge in [0.15, 0.2) is 0 Å². The number of amides is 4. The zero-order valence-electron chi connectivity index (χ0n) is 8.52. The van der Waals surface area contributed by atoms with Gasteiger partial charge in [0.1, 0.15) is 12.8 Å². The molecule has 0 aromatic heterocycles. The van der Waals surface area contributed by atoms with Crippen molar-refractivity contribution in [2.24, 2.45) is 0 Å². The summed E-state index contributed by atoms with van der Waals surface area (Å²) in [4.78, 5) is 47.0. The lowest BCUT2D eigenvalue weighted by atomic mass is 9.93. The van der Waals surface area contributed by atoms with Gasteiger partial charge >= 0.3 is 0 Å². The van der Waals surface area contributed by atoms with E-state index in [0.29, 0.717) is 0 Å². The average molecular weight is 209 g/mol. The molecule has 6 nitrogen and oxygen atoms in total. The van der Waals surface area contributed by atoms with Crippen molar-refractivity contribution in [1.82, 2.24) is 9.71 Å². The van der Waals surface area contributed by atoms with Crippen molar-refractivity contribution in [3.8, 4) is 0 Å². The van der Waals surface area contributed by atoms with Crippen molar-refractivity contribution in [3.63, 3.8) is 0 Å². The molecule has 1 radical (unpaired) electrons. The summed E-state index contributed by atoms with van der Waals surface area (Å²) in [5.41, 5.74) is 0. The van der Waals surface area contributed by atoms with E-state index in [-0.39, 0.29) is 0 Å². The molecule has 1 rings (SSSR count). The smallest absolute Gasteiger partial charge is 0.256 e. The Morgan fingerprint density at radius 2 is 1.33 bits per heavy atom. The second-order valence-electron chi connectivity index (χ2n) is 3.12. The Morgan fingerprint density at radius 3 is 1.67 bits per heavy atom. The van der Waals surface area contributed by atoms with Gasteiger partial charge in [-0.1, -0.05) is 6.82 Å². The van der Waals surface area contributed by atoms with Crippen molar-refractivity contribution in [1.29, 1.82) is 0 Å². The SMILES string of the molecule is C[B]N1C(=O)CC(=O)N(C)C(=O)CC1=O. The minimum atomic E-state index is -0.605. The number of hydrogen-bond donors (Lipinski definition) is 0. The highest BCUT2D eigenvalue weighted by Crippen LogP contribution is 2.06. The normalized spacial score (nSPS) is 19.1. The molecule has 0 atom stereocenters. The van der Waals surface area contributed by atoms with Gasteiger partial charge in [0, 0.05) is 7.05 Å². The van der Waals surface area contributed by atoms with Crippen LogP contribution in [0, 0.1) is 0 Å². The molecule has 0 unspecified atom stereocenters. The molecule has 1 fully saturated rings. The highest BCUT2D eigenvalue weighted by Gasteiger charge is 2.31. The van der Waals surface area contributed by atoms with E-state index in [4.69, 9.17) is 0 Å². The predicted molar refractivity (Wildman–Crippen MR) is 50.5 cm³/mol. The molecule has 15 heavy (non-hydrogen) atoms. The van der Waals surface area contributed by atoms with Crippen LogP contribution in [0.5, 0.6) is 0 Å². The van der Waals surface area contributed by atoms with Gasteiger partial charge in [-0.2, -0.15) is 0 Å². The highest BCUT2D eigenvalue weighted by atomic mass is 16.2. The van der Waals surface area contributed by atoms with Gasteiger partial charge in [0.2, 0.25) is 23.6 Å². The Hall–Kier alpha value is -1.66. The fourth-order valence-electron chi connectivity index (χ4n) is 1.23. The minimum Gasteiger partial charge on any atom is -0.333 e. The Kier molecular flexibility index (Phi) is 3.23. The van der Waals surface area contributed by atoms with Crippen molar-refractivity contribution >= 4 is 31.0 Å². The second kappa shape index (κ2) is 4.25. The highest BCUT2D eigenvalue weighted by molar-refractivity contribution is 6.42. The number of imide groups is 2. The summed E-state index contributed by atoms with van der Waals surface area (Å²) < 4.78 is 0. The molecule has 0 aliphatic carbocycles. The maximum Gasteiger partial charge on any atom is 0.256 e. The molecular formula is C8H10BN2O4. The molecule has 0 bridgehead atoms. The Morgan fingerprint density at radius 1 is 0.933 bits per heavy atom. The number of rotatable bonds is 1. The first-order chi connectivity index (χ1) is 6.97. The first kappa shape index (κ1) is 11.4. The molecule has 0 aromatic rings. The van der Waals surface area contributed by atoms with Gasteiger partial charge in [0.05, 0.1) is 0 Å². The van der Waals surface area contributed by atoms with E-state index < -0.39 is 36.5 Å². The maximum absolute atomic E-state index is 11.4. The van der Waals surface area contributed by atoms with Gasteiger partial charge in [-0.05, 0) is 0 Å². The third-order valence-corrected chi connectivity index (χ3v) is 2.15. The minimum absolute atomic E-state index is 0.460. The van der Waals surface area contributed by atoms with Gasteiger partial charge < -0.3 is 4.81 Å². The molecule has 4 amide bonds. The van der Waals surface area contributed by atoms with Crippen molar-refractivity contribution < 1.29 is 19.2 Å². The van der Waals surface area contributed by atoms with Crippen LogP contribution >= 0.6 is 0 Å². The number of carbonyl (C=O) groups is 4. The van der Waals surface area contributed by atoms with E-state index in [9.17, 15) is 19.2 Å². The summed E-state index contributed by atoms with van der Waals surface area (Å²) >= 11 is 0. The van der Waals surface area contributed by atoms with Crippen LogP contribution in [0.2, 0.25) is 6.82 Å². The monoisotopic (exact) mass is 209 g/mol. The first-order valence-electron chi connectivity index (χ1n) is 4.41. The summed E-state index contributed by atoms with van der Waals surface area (Å²) in [5.74, 6) is -2.40. The van der Waals surface area contributed by atoms with E-state index in [1.165, 1.54) is 21.3 Å². The summed E-state index contributed by atoms with van der Waals surface area (Å²) in [7, 11) is 2.52. The van der Waals surface area contributed by atoms with E-state index in [1.807, 2.05) is 0 Å². The molecule has 1 aliphatic rings. The Balaban J connectivity index is 2.94. The van der Waals surface area contributed by atoms with Crippen LogP contribution in [0.3, 0.4) is 0 Å². The fourth-order valence-corrected chi connectivity index (χ4v) is 1.23. The van der Waals surface area contributed by atoms with Gasteiger partial charge in [-0.15, -0.1) is 0 Å². The lowest BCUT2D eigenvalue weighted by molar-refractivity contribution is -0.151. The van der Waals surface area contributed by atoms with E-state index in [2.05, 4.69) is 0 Å². The molecule has 7 heteroatoms. The molecule has 0 saturated carbocycles. The van der Waals surface area contributed by atoms with Crippen molar-refractivity contribution in [2.75, 3.05) is 7.05 Å². The van der Waals surface area contributed by atoms with Crippen LogP contribution in [0.15, 0.2) is 0 Å². The Labute approximate surface area is 87.5 Å². The van der Waals surface area contributed by atoms with Crippen LogP contribution in [-0.2, 0) is 19.2 Å². The van der Waals surface area contributed by atoms with Crippen LogP contribution in [-0.4, -0.2) is 47.8 Å². The van der Waals surface area contributed by atoms with Gasteiger partial charge in [0.25, 0.3) is 7.41 Å². The summed E-state index contributed by atoms with van der Waals surface area (Å²) in [6.45, 7) is 1.50. The number of carbonyl (C=O) groups excluding carboxylic acids is 4. The molecule has 1 heterocycles. The fraction of sp³-hybridized carbons (Fsp3) is 0.500. The van der Waals surface area contributed by atoms with Crippen molar-refractivity contribution in [3.05, 3.63) is 0 Å². The van der Waals surface area contributed by atoms with Crippen LogP contribution in [0.4, 0.5) is 0 Å². The lowest BCUT2D eigenvalue weighted by Crippen LogP contribution is -2.47. The molecule has 0 N–H and O–H groups in total. The molecule has 0 spiro atoms. The molecule has 79 valence electrons. The van der Waals surface area contributed by atoms with Crippen LogP contribution in [0.1, 0.15) is 12.8 Å². The topological polar surface area (TPSA) is 74.8 Å². The average Bonchev–Trinajstić information content (AvgIpc) is 2.16. The zero-order chi connectivity index (χ0) is 11.6. The van der Waals surface area contributed by atoms with E-state index in [1.54, 1.807) is 0 Å². The first-order valence-corrected chi connectivity index (χ1v) is 4.41. The van der Waals surface area contributed by atoms with E-state index in [0.717, 1.165) is 9.71 Å². The summed E-state index contributed by atoms with van der Waals surface area (Å²) in [6.07, 6.45) is -0.920. The standard InChI is InChI=1S/C8H10BN2O4/c1-9-11-7(14)3-5(12)10(2)6(13)4-8(11)15/h3-4H2,1-2H3. The summed E-state index contributed by atoms with van der Waals surface area (Å²) in [5, 5.41) is 0. The van der Waals surface area contributed by atoms with Crippen LogP contribution in [0.25, 0.3) is 0 Å². The van der Waals surface area contributed by atoms with Gasteiger partial charge in [-0.3, -0.25) is 24.1 Å². The van der Waals surface area contributed by atoms with Crippen LogP contribution < -0.4 is 0 Å². The zero-order valence-corrected chi connectivity index (χ0v) is 8.52. The van der Waals surface area contributed by atoms with Gasteiger partial charge in [-0.25, -0.2) is 0 Å². The quantitative estimate of drug-likeness (QED) is 0.308. The van der Waals surface area contributed by atoms with E-state index >= 15 is 0 Å². The second-order valence-corrected chi connectivity index (χ2v) is 3.12. The summed E-state index contributed by atoms with van der Waals surface area (Å²) in [6, 6.07) is 0. The molecular weight excluding hydrogens is 199 g/mol. The predicted octanol–water partition coefficient (Wildman–Crippen LogP) is -1.21. The number of hydrogen-bond acceptors (Lipinski definition) is 4. The third-order valence-electron chi connectivity index (χ3n) is 2.15. The van der Waals surface area contributed by atoms with Crippen molar-refractivity contribution in [2.45, 2.75) is 19.7 Å². The largest absolute Gasteiger partial charge is 0.333 e. The molecule has 1 saturated heterocycles. The molecule has 1 aliphatic heterocycles. The Bertz CT molecular complexity index is 312. The number of nitrogens with zero attached hydrogens (tertiary/aromatic N) is 2. The lowest BCUT2D eigenvalue weighted by Gasteiger charge is -2.24. The maximum atomic E-state index is 11.4. The molecule has 0 aromatic carbocycles. The third kappa shape index (κ3) is 2.23.